The van der Waals surface area contributed by atoms with Gasteiger partial charge in [0, 0.05) is 44.6 Å². The summed E-state index contributed by atoms with van der Waals surface area (Å²) >= 11 is 0. The number of anilines is 1. The Labute approximate surface area is 122 Å². The number of hydrogen-bond donors (Lipinski definition) is 0. The highest BCUT2D eigenvalue weighted by Crippen LogP contribution is 2.30. The quantitative estimate of drug-likeness (QED) is 0.848. The summed E-state index contributed by atoms with van der Waals surface area (Å²) in [7, 11) is 0. The molecule has 2 fully saturated rings. The lowest BCUT2D eigenvalue weighted by atomic mass is 9.84. The third kappa shape index (κ3) is 3.11. The first-order valence-electron chi connectivity index (χ1n) is 8.13. The van der Waals surface area contributed by atoms with Gasteiger partial charge in [-0.3, -0.25) is 4.90 Å². The number of aromatic nitrogens is 2. The van der Waals surface area contributed by atoms with Gasteiger partial charge < -0.3 is 4.90 Å². The second-order valence-electron chi connectivity index (χ2n) is 6.15. The normalized spacial score (nSPS) is 28.6. The van der Waals surface area contributed by atoms with Crippen molar-refractivity contribution < 1.29 is 0 Å². The van der Waals surface area contributed by atoms with E-state index in [1.165, 1.54) is 45.2 Å². The summed E-state index contributed by atoms with van der Waals surface area (Å²) in [6.45, 7) is 6.80. The van der Waals surface area contributed by atoms with Crippen molar-refractivity contribution in [2.45, 2.75) is 45.1 Å². The van der Waals surface area contributed by atoms with E-state index in [0.29, 0.717) is 0 Å². The summed E-state index contributed by atoms with van der Waals surface area (Å²) in [4.78, 5) is 13.7. The highest BCUT2D eigenvalue weighted by Gasteiger charge is 2.28. The van der Waals surface area contributed by atoms with Crippen molar-refractivity contribution in [3.05, 3.63) is 18.5 Å². The van der Waals surface area contributed by atoms with Crippen molar-refractivity contribution in [2.24, 2.45) is 5.92 Å². The maximum atomic E-state index is 4.36. The van der Waals surface area contributed by atoms with Crippen molar-refractivity contribution in [1.29, 1.82) is 0 Å². The van der Waals surface area contributed by atoms with E-state index >= 15 is 0 Å². The maximum Gasteiger partial charge on any atom is 0.225 e. The zero-order valence-electron chi connectivity index (χ0n) is 12.5. The van der Waals surface area contributed by atoms with Gasteiger partial charge in [0.15, 0.2) is 0 Å². The molecule has 1 aliphatic heterocycles. The molecule has 4 heteroatoms. The zero-order valence-corrected chi connectivity index (χ0v) is 12.5. The van der Waals surface area contributed by atoms with E-state index in [4.69, 9.17) is 0 Å². The van der Waals surface area contributed by atoms with Crippen LogP contribution in [-0.4, -0.2) is 47.1 Å². The van der Waals surface area contributed by atoms with Crippen LogP contribution in [0.25, 0.3) is 0 Å². The van der Waals surface area contributed by atoms with Crippen molar-refractivity contribution in [3.63, 3.8) is 0 Å². The molecule has 0 N–H and O–H groups in total. The first-order valence-corrected chi connectivity index (χ1v) is 8.13. The molecule has 4 nitrogen and oxygen atoms in total. The topological polar surface area (TPSA) is 32.3 Å². The summed E-state index contributed by atoms with van der Waals surface area (Å²) in [5.74, 6) is 1.88. The lowest BCUT2D eigenvalue weighted by Crippen LogP contribution is -2.51. The molecule has 0 amide bonds. The van der Waals surface area contributed by atoms with E-state index in [1.807, 2.05) is 18.5 Å². The molecule has 1 aromatic rings. The van der Waals surface area contributed by atoms with Crippen LogP contribution in [0.2, 0.25) is 0 Å². The van der Waals surface area contributed by atoms with Gasteiger partial charge in [0.1, 0.15) is 0 Å². The Hall–Kier alpha value is -1.16. The summed E-state index contributed by atoms with van der Waals surface area (Å²) in [6, 6.07) is 2.71. The van der Waals surface area contributed by atoms with Gasteiger partial charge in [0.2, 0.25) is 5.95 Å². The van der Waals surface area contributed by atoms with E-state index in [1.54, 1.807) is 0 Å². The van der Waals surface area contributed by atoms with E-state index in [9.17, 15) is 0 Å². The van der Waals surface area contributed by atoms with Crippen LogP contribution in [0.15, 0.2) is 18.5 Å². The van der Waals surface area contributed by atoms with Crippen LogP contribution in [0.3, 0.4) is 0 Å². The molecule has 1 aliphatic carbocycles. The van der Waals surface area contributed by atoms with Crippen molar-refractivity contribution in [1.82, 2.24) is 14.9 Å². The predicted molar refractivity (Wildman–Crippen MR) is 81.9 cm³/mol. The molecule has 0 spiro atoms. The molecule has 0 bridgehead atoms. The van der Waals surface area contributed by atoms with Gasteiger partial charge in [-0.2, -0.15) is 0 Å². The van der Waals surface area contributed by atoms with E-state index in [2.05, 4.69) is 26.7 Å². The molecule has 0 aromatic carbocycles. The molecule has 1 saturated heterocycles. The molecule has 3 rings (SSSR count). The summed E-state index contributed by atoms with van der Waals surface area (Å²) < 4.78 is 0. The van der Waals surface area contributed by atoms with Crippen molar-refractivity contribution >= 4 is 5.95 Å². The van der Waals surface area contributed by atoms with Crippen LogP contribution in [0, 0.1) is 5.92 Å². The minimum Gasteiger partial charge on any atom is -0.338 e. The average molecular weight is 274 g/mol. The molecule has 110 valence electrons. The minimum atomic E-state index is 0.830. The molecule has 2 aliphatic rings. The third-order valence-corrected chi connectivity index (χ3v) is 5.06. The lowest BCUT2D eigenvalue weighted by Gasteiger charge is -2.41. The fourth-order valence-corrected chi connectivity index (χ4v) is 3.66. The Bertz CT molecular complexity index is 392. The number of piperazine rings is 1. The Balaban J connectivity index is 1.49. The van der Waals surface area contributed by atoms with Crippen LogP contribution in [-0.2, 0) is 0 Å². The SMILES string of the molecule is CCC1CCC(N2CCN(c3ncccn3)CC2)CC1. The molecular weight excluding hydrogens is 248 g/mol. The summed E-state index contributed by atoms with van der Waals surface area (Å²) in [5, 5.41) is 0. The van der Waals surface area contributed by atoms with E-state index in [-0.39, 0.29) is 0 Å². The van der Waals surface area contributed by atoms with Crippen molar-refractivity contribution in [2.75, 3.05) is 31.1 Å². The standard InChI is InChI=1S/C16H26N4/c1-2-14-4-6-15(7-5-14)19-10-12-20(13-11-19)16-17-8-3-9-18-16/h3,8-9,14-15H,2,4-7,10-13H2,1H3. The fraction of sp³-hybridized carbons (Fsp3) is 0.750. The fourth-order valence-electron chi connectivity index (χ4n) is 3.66. The molecule has 2 heterocycles. The molecule has 1 aromatic heterocycles. The summed E-state index contributed by atoms with van der Waals surface area (Å²) in [6.07, 6.45) is 10.7. The molecule has 0 unspecified atom stereocenters. The first kappa shape index (κ1) is 13.8. The minimum absolute atomic E-state index is 0.830. The van der Waals surface area contributed by atoms with E-state index in [0.717, 1.165) is 31.0 Å². The first-order chi connectivity index (χ1) is 9.86. The monoisotopic (exact) mass is 274 g/mol. The molecule has 0 radical (unpaired) electrons. The van der Waals surface area contributed by atoms with Gasteiger partial charge >= 0.3 is 0 Å². The van der Waals surface area contributed by atoms with Gasteiger partial charge in [-0.15, -0.1) is 0 Å². The van der Waals surface area contributed by atoms with Gasteiger partial charge in [-0.1, -0.05) is 13.3 Å². The highest BCUT2D eigenvalue weighted by atomic mass is 15.3. The van der Waals surface area contributed by atoms with Gasteiger partial charge in [-0.25, -0.2) is 9.97 Å². The second kappa shape index (κ2) is 6.53. The van der Waals surface area contributed by atoms with Gasteiger partial charge in [0.25, 0.3) is 0 Å². The zero-order chi connectivity index (χ0) is 13.8. The lowest BCUT2D eigenvalue weighted by molar-refractivity contribution is 0.128. The highest BCUT2D eigenvalue weighted by molar-refractivity contribution is 5.29. The Kier molecular flexibility index (Phi) is 4.51. The Morgan fingerprint density at radius 3 is 2.25 bits per heavy atom. The number of nitrogens with zero attached hydrogens (tertiary/aromatic N) is 4. The molecule has 20 heavy (non-hydrogen) atoms. The third-order valence-electron chi connectivity index (χ3n) is 5.06. The van der Waals surface area contributed by atoms with Gasteiger partial charge in [-0.05, 0) is 37.7 Å². The largest absolute Gasteiger partial charge is 0.338 e. The average Bonchev–Trinajstić information content (AvgIpc) is 2.56. The Morgan fingerprint density at radius 2 is 1.65 bits per heavy atom. The van der Waals surface area contributed by atoms with Crippen LogP contribution in [0.1, 0.15) is 39.0 Å². The molecule has 0 atom stereocenters. The van der Waals surface area contributed by atoms with Crippen LogP contribution < -0.4 is 4.90 Å². The number of rotatable bonds is 3. The smallest absolute Gasteiger partial charge is 0.225 e. The second-order valence-corrected chi connectivity index (χ2v) is 6.15. The maximum absolute atomic E-state index is 4.36. The predicted octanol–water partition coefficient (Wildman–Crippen LogP) is 2.57. The van der Waals surface area contributed by atoms with Crippen LogP contribution in [0.4, 0.5) is 5.95 Å². The van der Waals surface area contributed by atoms with Gasteiger partial charge in [0.05, 0.1) is 0 Å². The van der Waals surface area contributed by atoms with E-state index < -0.39 is 0 Å². The molecule has 1 saturated carbocycles. The van der Waals surface area contributed by atoms with Crippen molar-refractivity contribution in [3.8, 4) is 0 Å². The molecular formula is C16H26N4. The van der Waals surface area contributed by atoms with Crippen LogP contribution in [0.5, 0.6) is 0 Å². The number of hydrogen-bond acceptors (Lipinski definition) is 4. The Morgan fingerprint density at radius 1 is 1.00 bits per heavy atom. The summed E-state index contributed by atoms with van der Waals surface area (Å²) in [5.41, 5.74) is 0. The van der Waals surface area contributed by atoms with Crippen LogP contribution >= 0.6 is 0 Å².